The van der Waals surface area contributed by atoms with E-state index in [9.17, 15) is 13.2 Å². The van der Waals surface area contributed by atoms with Crippen LogP contribution in [0.4, 0.5) is 5.69 Å². The first kappa shape index (κ1) is 22.3. The van der Waals surface area contributed by atoms with E-state index in [1.807, 2.05) is 31.4 Å². The van der Waals surface area contributed by atoms with Gasteiger partial charge in [0.15, 0.2) is 0 Å². The van der Waals surface area contributed by atoms with Crippen LogP contribution in [0.3, 0.4) is 0 Å². The lowest BCUT2D eigenvalue weighted by atomic mass is 10.2. The van der Waals surface area contributed by atoms with Gasteiger partial charge in [-0.15, -0.1) is 11.8 Å². The first-order chi connectivity index (χ1) is 13.3. The molecule has 6 nitrogen and oxygen atoms in total. The number of carbonyl (C=O) groups excluding carboxylic acids is 1. The zero-order valence-corrected chi connectivity index (χ0v) is 18.2. The fourth-order valence-corrected chi connectivity index (χ4v) is 4.76. The monoisotopic (exact) mass is 422 g/mol. The summed E-state index contributed by atoms with van der Waals surface area (Å²) in [4.78, 5) is 13.6. The number of thioether (sulfide) groups is 1. The van der Waals surface area contributed by atoms with Crippen molar-refractivity contribution in [1.29, 1.82) is 0 Å². The van der Waals surface area contributed by atoms with Gasteiger partial charge in [0, 0.05) is 11.4 Å². The molecule has 0 aliphatic carbocycles. The van der Waals surface area contributed by atoms with Crippen LogP contribution in [0.5, 0.6) is 5.75 Å². The number of amides is 1. The average Bonchev–Trinajstić information content (AvgIpc) is 2.68. The lowest BCUT2D eigenvalue weighted by Crippen LogP contribution is -2.37. The number of benzene rings is 2. The van der Waals surface area contributed by atoms with Gasteiger partial charge in [0.05, 0.1) is 23.7 Å². The molecule has 2 aromatic carbocycles. The van der Waals surface area contributed by atoms with Gasteiger partial charge in [-0.25, -0.2) is 8.42 Å². The number of hydrogen-bond acceptors (Lipinski definition) is 5. The minimum Gasteiger partial charge on any atom is -0.494 e. The standard InChI is InChI=1S/C20H26N2O4S2/c1-5-22(14-20(23)21-17-9-7-8-10-19(17)27-4)28(24,25)16-11-12-18(26-6-2)15(3)13-16/h7-13H,5-6,14H2,1-4H3,(H,21,23). The van der Waals surface area contributed by atoms with Crippen LogP contribution < -0.4 is 10.1 Å². The summed E-state index contributed by atoms with van der Waals surface area (Å²) in [6.07, 6.45) is 1.92. The molecule has 28 heavy (non-hydrogen) atoms. The molecule has 0 spiro atoms. The number of para-hydroxylation sites is 1. The molecule has 0 heterocycles. The van der Waals surface area contributed by atoms with E-state index in [0.717, 1.165) is 10.5 Å². The molecule has 0 atom stereocenters. The van der Waals surface area contributed by atoms with Crippen LogP contribution in [0.1, 0.15) is 19.4 Å². The van der Waals surface area contributed by atoms with Crippen molar-refractivity contribution in [3.63, 3.8) is 0 Å². The minimum atomic E-state index is -3.80. The smallest absolute Gasteiger partial charge is 0.243 e. The molecular weight excluding hydrogens is 396 g/mol. The molecule has 0 aliphatic heterocycles. The summed E-state index contributed by atoms with van der Waals surface area (Å²) in [5.74, 6) is 0.269. The summed E-state index contributed by atoms with van der Waals surface area (Å²) in [7, 11) is -3.80. The molecule has 1 amide bonds. The maximum absolute atomic E-state index is 13.0. The first-order valence-electron chi connectivity index (χ1n) is 8.99. The first-order valence-corrected chi connectivity index (χ1v) is 11.7. The summed E-state index contributed by atoms with van der Waals surface area (Å²) >= 11 is 1.51. The Kier molecular flexibility index (Phi) is 7.91. The molecule has 152 valence electrons. The van der Waals surface area contributed by atoms with Crippen molar-refractivity contribution in [3.8, 4) is 5.75 Å². The predicted octanol–water partition coefficient (Wildman–Crippen LogP) is 3.76. The second-order valence-corrected chi connectivity index (χ2v) is 8.83. The van der Waals surface area contributed by atoms with Crippen LogP contribution in [-0.4, -0.2) is 44.6 Å². The summed E-state index contributed by atoms with van der Waals surface area (Å²) in [5, 5.41) is 2.80. The third-order valence-corrected chi connectivity index (χ3v) is 6.85. The fourth-order valence-electron chi connectivity index (χ4n) is 2.71. The topological polar surface area (TPSA) is 75.7 Å². The van der Waals surface area contributed by atoms with E-state index in [-0.39, 0.29) is 23.9 Å². The molecule has 0 fully saturated rings. The zero-order chi connectivity index (χ0) is 20.7. The Balaban J connectivity index is 2.19. The van der Waals surface area contributed by atoms with Crippen molar-refractivity contribution in [1.82, 2.24) is 4.31 Å². The molecule has 0 aliphatic rings. The van der Waals surface area contributed by atoms with E-state index in [1.54, 1.807) is 32.0 Å². The zero-order valence-electron chi connectivity index (χ0n) is 16.6. The Morgan fingerprint density at radius 2 is 1.89 bits per heavy atom. The molecule has 8 heteroatoms. The van der Waals surface area contributed by atoms with E-state index < -0.39 is 10.0 Å². The molecule has 0 bridgehead atoms. The number of sulfonamides is 1. The second-order valence-electron chi connectivity index (χ2n) is 6.04. The highest BCUT2D eigenvalue weighted by Crippen LogP contribution is 2.26. The molecule has 0 aromatic heterocycles. The number of nitrogens with zero attached hydrogens (tertiary/aromatic N) is 1. The number of rotatable bonds is 9. The largest absolute Gasteiger partial charge is 0.494 e. The number of hydrogen-bond donors (Lipinski definition) is 1. The Labute approximate surface area is 171 Å². The Morgan fingerprint density at radius 1 is 1.18 bits per heavy atom. The van der Waals surface area contributed by atoms with Gasteiger partial charge in [-0.05, 0) is 56.0 Å². The fraction of sp³-hybridized carbons (Fsp3) is 0.350. The van der Waals surface area contributed by atoms with Crippen LogP contribution >= 0.6 is 11.8 Å². The molecule has 2 aromatic rings. The lowest BCUT2D eigenvalue weighted by Gasteiger charge is -2.21. The second kappa shape index (κ2) is 9.95. The quantitative estimate of drug-likeness (QED) is 0.623. The Bertz CT molecular complexity index is 930. The number of ether oxygens (including phenoxy) is 1. The number of nitrogens with one attached hydrogen (secondary N) is 1. The van der Waals surface area contributed by atoms with Crippen LogP contribution in [0.2, 0.25) is 0 Å². The summed E-state index contributed by atoms with van der Waals surface area (Å²) in [5.41, 5.74) is 1.41. The van der Waals surface area contributed by atoms with Gasteiger partial charge in [0.25, 0.3) is 0 Å². The van der Waals surface area contributed by atoms with Crippen LogP contribution in [-0.2, 0) is 14.8 Å². The molecule has 0 radical (unpaired) electrons. The highest BCUT2D eigenvalue weighted by Gasteiger charge is 2.26. The van der Waals surface area contributed by atoms with Gasteiger partial charge in [-0.1, -0.05) is 19.1 Å². The number of anilines is 1. The van der Waals surface area contributed by atoms with Gasteiger partial charge < -0.3 is 10.1 Å². The van der Waals surface area contributed by atoms with Crippen molar-refractivity contribution in [2.45, 2.75) is 30.6 Å². The average molecular weight is 423 g/mol. The van der Waals surface area contributed by atoms with Gasteiger partial charge >= 0.3 is 0 Å². The van der Waals surface area contributed by atoms with Crippen molar-refractivity contribution in [3.05, 3.63) is 48.0 Å². The molecule has 0 saturated heterocycles. The van der Waals surface area contributed by atoms with Crippen molar-refractivity contribution < 1.29 is 17.9 Å². The van der Waals surface area contributed by atoms with Crippen molar-refractivity contribution in [2.24, 2.45) is 0 Å². The summed E-state index contributed by atoms with van der Waals surface area (Å²) in [6, 6.07) is 12.1. The summed E-state index contributed by atoms with van der Waals surface area (Å²) in [6.45, 7) is 5.82. The highest BCUT2D eigenvalue weighted by molar-refractivity contribution is 7.98. The Hall–Kier alpha value is -2.03. The maximum Gasteiger partial charge on any atom is 0.243 e. The van der Waals surface area contributed by atoms with E-state index in [0.29, 0.717) is 18.0 Å². The van der Waals surface area contributed by atoms with E-state index in [4.69, 9.17) is 4.74 Å². The third-order valence-electron chi connectivity index (χ3n) is 4.14. The van der Waals surface area contributed by atoms with E-state index >= 15 is 0 Å². The number of aryl methyl sites for hydroxylation is 1. The molecule has 0 saturated carbocycles. The molecule has 2 rings (SSSR count). The van der Waals surface area contributed by atoms with Crippen LogP contribution in [0, 0.1) is 6.92 Å². The van der Waals surface area contributed by atoms with E-state index in [2.05, 4.69) is 5.32 Å². The van der Waals surface area contributed by atoms with Crippen LogP contribution in [0.25, 0.3) is 0 Å². The predicted molar refractivity (Wildman–Crippen MR) is 114 cm³/mol. The number of likely N-dealkylation sites (N-methyl/N-ethyl adjacent to an activating group) is 1. The third kappa shape index (κ3) is 5.27. The summed E-state index contributed by atoms with van der Waals surface area (Å²) < 4.78 is 32.6. The molecule has 1 N–H and O–H groups in total. The van der Waals surface area contributed by atoms with Crippen molar-refractivity contribution >= 4 is 33.4 Å². The Morgan fingerprint density at radius 3 is 2.50 bits per heavy atom. The van der Waals surface area contributed by atoms with Gasteiger partial charge in [-0.2, -0.15) is 4.31 Å². The normalized spacial score (nSPS) is 11.5. The van der Waals surface area contributed by atoms with Gasteiger partial charge in [-0.3, -0.25) is 4.79 Å². The van der Waals surface area contributed by atoms with E-state index in [1.165, 1.54) is 22.1 Å². The SMILES string of the molecule is CCOc1ccc(S(=O)(=O)N(CC)CC(=O)Nc2ccccc2SC)cc1C. The number of carbonyl (C=O) groups is 1. The van der Waals surface area contributed by atoms with Gasteiger partial charge in [0.2, 0.25) is 15.9 Å². The highest BCUT2D eigenvalue weighted by atomic mass is 32.2. The lowest BCUT2D eigenvalue weighted by molar-refractivity contribution is -0.116. The maximum atomic E-state index is 13.0. The van der Waals surface area contributed by atoms with Crippen molar-refractivity contribution in [2.75, 3.05) is 31.3 Å². The molecular formula is C20H26N2O4S2. The van der Waals surface area contributed by atoms with Crippen LogP contribution in [0.15, 0.2) is 52.3 Å². The molecule has 0 unspecified atom stereocenters. The van der Waals surface area contributed by atoms with Gasteiger partial charge in [0.1, 0.15) is 5.75 Å². The minimum absolute atomic E-state index is 0.146.